The first-order chi connectivity index (χ1) is 14.0. The molecule has 29 heavy (non-hydrogen) atoms. The maximum atomic E-state index is 12.8. The Balaban J connectivity index is 1.78. The second-order valence-electron chi connectivity index (χ2n) is 6.65. The van der Waals surface area contributed by atoms with Gasteiger partial charge in [-0.25, -0.2) is 0 Å². The van der Waals surface area contributed by atoms with Crippen LogP contribution in [0.5, 0.6) is 11.5 Å². The van der Waals surface area contributed by atoms with Crippen molar-refractivity contribution in [1.82, 2.24) is 0 Å². The van der Waals surface area contributed by atoms with Gasteiger partial charge in [0.1, 0.15) is 0 Å². The van der Waals surface area contributed by atoms with Crippen LogP contribution in [0.3, 0.4) is 0 Å². The summed E-state index contributed by atoms with van der Waals surface area (Å²) in [5, 5.41) is 2.95. The molecule has 0 saturated carbocycles. The van der Waals surface area contributed by atoms with Crippen LogP contribution in [0.4, 0.5) is 11.4 Å². The molecular formula is C22H25BrN2O4. The van der Waals surface area contributed by atoms with Gasteiger partial charge in [0.25, 0.3) is 0 Å². The number of carbonyl (C=O) groups is 2. The van der Waals surface area contributed by atoms with E-state index in [9.17, 15) is 9.59 Å². The highest BCUT2D eigenvalue weighted by Crippen LogP contribution is 2.35. The predicted octanol–water partition coefficient (Wildman–Crippen LogP) is 4.55. The number of hydrogen-bond acceptors (Lipinski definition) is 4. The van der Waals surface area contributed by atoms with E-state index in [-0.39, 0.29) is 18.2 Å². The second-order valence-corrected chi connectivity index (χ2v) is 7.50. The third-order valence-corrected chi connectivity index (χ3v) is 5.34. The minimum Gasteiger partial charge on any atom is -0.490 e. The molecule has 1 heterocycles. The lowest BCUT2D eigenvalue weighted by Crippen LogP contribution is -2.26. The van der Waals surface area contributed by atoms with E-state index in [0.717, 1.165) is 22.1 Å². The highest BCUT2D eigenvalue weighted by molar-refractivity contribution is 9.10. The number of anilines is 2. The van der Waals surface area contributed by atoms with Gasteiger partial charge in [-0.3, -0.25) is 9.59 Å². The zero-order valence-electron chi connectivity index (χ0n) is 16.7. The quantitative estimate of drug-likeness (QED) is 0.626. The van der Waals surface area contributed by atoms with E-state index in [0.29, 0.717) is 43.4 Å². The first kappa shape index (κ1) is 21.2. The monoisotopic (exact) mass is 460 g/mol. The fraction of sp³-hybridized carbons (Fsp3) is 0.364. The van der Waals surface area contributed by atoms with Crippen molar-refractivity contribution in [3.8, 4) is 11.5 Å². The number of nitrogens with one attached hydrogen (secondary N) is 1. The Kier molecular flexibility index (Phi) is 7.14. The molecule has 0 bridgehead atoms. The third-order valence-electron chi connectivity index (χ3n) is 4.61. The maximum Gasteiger partial charge on any atom is 0.228 e. The SMILES string of the molecule is CCOc1cc(Br)c(CC(=O)Nc2ccccc2N2CCCC2=O)cc1OCC. The highest BCUT2D eigenvalue weighted by atomic mass is 79.9. The summed E-state index contributed by atoms with van der Waals surface area (Å²) >= 11 is 3.52. The lowest BCUT2D eigenvalue weighted by Gasteiger charge is -2.20. The molecule has 0 atom stereocenters. The number of para-hydroxylation sites is 2. The van der Waals surface area contributed by atoms with E-state index in [2.05, 4.69) is 21.2 Å². The fourth-order valence-corrected chi connectivity index (χ4v) is 3.80. The summed E-state index contributed by atoms with van der Waals surface area (Å²) in [4.78, 5) is 26.6. The third kappa shape index (κ3) is 5.09. The normalized spacial score (nSPS) is 13.5. The van der Waals surface area contributed by atoms with E-state index in [1.165, 1.54) is 0 Å². The number of benzene rings is 2. The van der Waals surface area contributed by atoms with Gasteiger partial charge in [0.2, 0.25) is 11.8 Å². The molecule has 1 N–H and O–H groups in total. The van der Waals surface area contributed by atoms with Crippen LogP contribution in [-0.4, -0.2) is 31.6 Å². The lowest BCUT2D eigenvalue weighted by atomic mass is 10.1. The zero-order chi connectivity index (χ0) is 20.8. The summed E-state index contributed by atoms with van der Waals surface area (Å²) in [6, 6.07) is 11.0. The van der Waals surface area contributed by atoms with E-state index in [1.54, 1.807) is 4.90 Å². The van der Waals surface area contributed by atoms with Crippen molar-refractivity contribution in [2.24, 2.45) is 0 Å². The first-order valence-electron chi connectivity index (χ1n) is 9.80. The topological polar surface area (TPSA) is 67.9 Å². The van der Waals surface area contributed by atoms with Gasteiger partial charge < -0.3 is 19.7 Å². The lowest BCUT2D eigenvalue weighted by molar-refractivity contribution is -0.117. The molecule has 6 nitrogen and oxygen atoms in total. The van der Waals surface area contributed by atoms with Crippen molar-refractivity contribution in [3.63, 3.8) is 0 Å². The van der Waals surface area contributed by atoms with Gasteiger partial charge in [-0.1, -0.05) is 28.1 Å². The van der Waals surface area contributed by atoms with Gasteiger partial charge in [0.05, 0.1) is 31.0 Å². The van der Waals surface area contributed by atoms with Crippen molar-refractivity contribution in [2.75, 3.05) is 30.0 Å². The molecule has 2 aromatic carbocycles. The summed E-state index contributed by atoms with van der Waals surface area (Å²) in [5.41, 5.74) is 2.17. The molecule has 2 amide bonds. The number of nitrogens with zero attached hydrogens (tertiary/aromatic N) is 1. The molecule has 1 fully saturated rings. The van der Waals surface area contributed by atoms with Crippen LogP contribution < -0.4 is 19.7 Å². The molecular weight excluding hydrogens is 436 g/mol. The Bertz CT molecular complexity index is 900. The molecule has 0 radical (unpaired) electrons. The molecule has 3 rings (SSSR count). The van der Waals surface area contributed by atoms with E-state index in [4.69, 9.17) is 9.47 Å². The Morgan fingerprint density at radius 2 is 1.83 bits per heavy atom. The minimum absolute atomic E-state index is 0.0855. The number of rotatable bonds is 8. The summed E-state index contributed by atoms with van der Waals surface area (Å²) in [6.07, 6.45) is 1.54. The largest absolute Gasteiger partial charge is 0.490 e. The van der Waals surface area contributed by atoms with Crippen molar-refractivity contribution < 1.29 is 19.1 Å². The summed E-state index contributed by atoms with van der Waals surface area (Å²) in [5.74, 6) is 1.17. The molecule has 7 heteroatoms. The molecule has 154 valence electrons. The van der Waals surface area contributed by atoms with Crippen LogP contribution in [0.25, 0.3) is 0 Å². The van der Waals surface area contributed by atoms with Gasteiger partial charge in [-0.05, 0) is 50.1 Å². The predicted molar refractivity (Wildman–Crippen MR) is 117 cm³/mol. The van der Waals surface area contributed by atoms with Gasteiger partial charge in [-0.2, -0.15) is 0 Å². The number of amides is 2. The number of hydrogen-bond donors (Lipinski definition) is 1. The van der Waals surface area contributed by atoms with Crippen molar-refractivity contribution in [3.05, 3.63) is 46.4 Å². The van der Waals surface area contributed by atoms with E-state index < -0.39 is 0 Å². The Labute approximate surface area is 179 Å². The molecule has 0 spiro atoms. The van der Waals surface area contributed by atoms with Gasteiger partial charge >= 0.3 is 0 Å². The van der Waals surface area contributed by atoms with Crippen LogP contribution in [0.2, 0.25) is 0 Å². The molecule has 0 aliphatic carbocycles. The van der Waals surface area contributed by atoms with Crippen molar-refractivity contribution in [2.45, 2.75) is 33.1 Å². The smallest absolute Gasteiger partial charge is 0.228 e. The number of carbonyl (C=O) groups excluding carboxylic acids is 2. The molecule has 1 aliphatic heterocycles. The van der Waals surface area contributed by atoms with E-state index in [1.807, 2.05) is 50.2 Å². The average molecular weight is 461 g/mol. The highest BCUT2D eigenvalue weighted by Gasteiger charge is 2.24. The molecule has 1 aliphatic rings. The zero-order valence-corrected chi connectivity index (χ0v) is 18.3. The molecule has 0 unspecified atom stereocenters. The molecule has 2 aromatic rings. The van der Waals surface area contributed by atoms with Crippen LogP contribution in [0, 0.1) is 0 Å². The van der Waals surface area contributed by atoms with Crippen LogP contribution >= 0.6 is 15.9 Å². The number of halogens is 1. The minimum atomic E-state index is -0.170. The summed E-state index contributed by atoms with van der Waals surface area (Å²) < 4.78 is 12.1. The summed E-state index contributed by atoms with van der Waals surface area (Å²) in [7, 11) is 0. The summed E-state index contributed by atoms with van der Waals surface area (Å²) in [6.45, 7) is 5.52. The van der Waals surface area contributed by atoms with Crippen LogP contribution in [0.15, 0.2) is 40.9 Å². The number of ether oxygens (including phenoxy) is 2. The Hall–Kier alpha value is -2.54. The van der Waals surface area contributed by atoms with Gasteiger partial charge in [-0.15, -0.1) is 0 Å². The van der Waals surface area contributed by atoms with E-state index >= 15 is 0 Å². The standard InChI is InChI=1S/C22H25BrN2O4/c1-3-28-19-12-15(16(23)14-20(19)29-4-2)13-21(26)24-17-8-5-6-9-18(17)25-11-7-10-22(25)27/h5-6,8-9,12,14H,3-4,7,10-11,13H2,1-2H3,(H,24,26). The van der Waals surface area contributed by atoms with Gasteiger partial charge in [0.15, 0.2) is 11.5 Å². The molecule has 1 saturated heterocycles. The second kappa shape index (κ2) is 9.78. The van der Waals surface area contributed by atoms with Crippen LogP contribution in [-0.2, 0) is 16.0 Å². The fourth-order valence-electron chi connectivity index (χ4n) is 3.33. The van der Waals surface area contributed by atoms with Crippen molar-refractivity contribution >= 4 is 39.1 Å². The Morgan fingerprint density at radius 3 is 2.48 bits per heavy atom. The van der Waals surface area contributed by atoms with Crippen LogP contribution in [0.1, 0.15) is 32.3 Å². The molecule has 0 aromatic heterocycles. The maximum absolute atomic E-state index is 12.8. The van der Waals surface area contributed by atoms with Gasteiger partial charge in [0, 0.05) is 17.4 Å². The average Bonchev–Trinajstić information content (AvgIpc) is 3.12. The first-order valence-corrected chi connectivity index (χ1v) is 10.6. The Morgan fingerprint density at radius 1 is 1.14 bits per heavy atom. The van der Waals surface area contributed by atoms with Crippen molar-refractivity contribution in [1.29, 1.82) is 0 Å².